The quantitative estimate of drug-likeness (QED) is 0.688. The minimum Gasteiger partial charge on any atom is -0.455 e. The Hall–Kier alpha value is -2.86. The van der Waals surface area contributed by atoms with E-state index < -0.39 is 9.84 Å². The van der Waals surface area contributed by atoms with E-state index in [0.29, 0.717) is 6.54 Å². The normalized spacial score (nSPS) is 14.0. The maximum absolute atomic E-state index is 12.9. The summed E-state index contributed by atoms with van der Waals surface area (Å²) in [7, 11) is -3.52. The van der Waals surface area contributed by atoms with Crippen molar-refractivity contribution in [3.05, 3.63) is 83.8 Å². The third-order valence-corrected chi connectivity index (χ3v) is 6.32. The summed E-state index contributed by atoms with van der Waals surface area (Å²) >= 11 is 0. The van der Waals surface area contributed by atoms with E-state index in [0.717, 1.165) is 24.1 Å². The van der Waals surface area contributed by atoms with Gasteiger partial charge in [0.25, 0.3) is 5.91 Å². The first-order valence-corrected chi connectivity index (χ1v) is 10.5. The van der Waals surface area contributed by atoms with Crippen molar-refractivity contribution in [2.75, 3.05) is 11.4 Å². The fraction of sp³-hybridized carbons (Fsp3) is 0.190. The number of rotatable bonds is 4. The number of aryl methyl sites for hydroxylation is 1. The van der Waals surface area contributed by atoms with E-state index in [1.165, 1.54) is 0 Å². The number of furan rings is 1. The van der Waals surface area contributed by atoms with Gasteiger partial charge < -0.3 is 9.32 Å². The molecule has 0 spiro atoms. The molecule has 1 aliphatic rings. The Morgan fingerprint density at radius 2 is 1.70 bits per heavy atom. The standard InChI is InChI=1S/C21H19NO4S/c23-21(22-14-6-8-16-7-4-5-11-19(16)22)20-13-12-17(26-20)15-27(24,25)18-9-2-1-3-10-18/h1-5,7,9-13H,6,8,14-15H2. The molecule has 1 amide bonds. The molecule has 1 aliphatic heterocycles. The lowest BCUT2D eigenvalue weighted by molar-refractivity contribution is 0.0957. The molecule has 0 unspecified atom stereocenters. The first-order chi connectivity index (χ1) is 13.0. The van der Waals surface area contributed by atoms with E-state index in [1.54, 1.807) is 47.4 Å². The van der Waals surface area contributed by atoms with Gasteiger partial charge in [0, 0.05) is 12.2 Å². The molecule has 2 heterocycles. The Morgan fingerprint density at radius 3 is 2.52 bits per heavy atom. The zero-order valence-electron chi connectivity index (χ0n) is 14.7. The maximum atomic E-state index is 12.9. The second-order valence-electron chi connectivity index (χ2n) is 6.53. The summed E-state index contributed by atoms with van der Waals surface area (Å²) in [4.78, 5) is 14.8. The van der Waals surface area contributed by atoms with Gasteiger partial charge in [0.2, 0.25) is 0 Å². The molecule has 138 valence electrons. The number of sulfone groups is 1. The molecule has 0 saturated carbocycles. The van der Waals surface area contributed by atoms with E-state index in [-0.39, 0.29) is 28.1 Å². The predicted octanol–water partition coefficient (Wildman–Crippen LogP) is 3.85. The van der Waals surface area contributed by atoms with Crippen LogP contribution in [-0.2, 0) is 22.0 Å². The van der Waals surface area contributed by atoms with Crippen LogP contribution in [0.3, 0.4) is 0 Å². The minimum absolute atomic E-state index is 0.157. The van der Waals surface area contributed by atoms with Crippen LogP contribution in [0.4, 0.5) is 5.69 Å². The number of carbonyl (C=O) groups is 1. The molecule has 3 aromatic rings. The number of fused-ring (bicyclic) bond motifs is 1. The topological polar surface area (TPSA) is 67.6 Å². The summed E-state index contributed by atoms with van der Waals surface area (Å²) in [5, 5.41) is 0. The summed E-state index contributed by atoms with van der Waals surface area (Å²) in [5.41, 5.74) is 2.03. The van der Waals surface area contributed by atoms with E-state index in [2.05, 4.69) is 0 Å². The fourth-order valence-corrected chi connectivity index (χ4v) is 4.61. The van der Waals surface area contributed by atoms with E-state index in [4.69, 9.17) is 4.42 Å². The summed E-state index contributed by atoms with van der Waals surface area (Å²) in [6.07, 6.45) is 1.83. The largest absolute Gasteiger partial charge is 0.455 e. The van der Waals surface area contributed by atoms with Crippen LogP contribution < -0.4 is 4.90 Å². The van der Waals surface area contributed by atoms with Gasteiger partial charge in [0.05, 0.1) is 4.90 Å². The third-order valence-electron chi connectivity index (χ3n) is 4.66. The zero-order chi connectivity index (χ0) is 18.9. The summed E-state index contributed by atoms with van der Waals surface area (Å²) in [5.74, 6) is -0.107. The molecule has 4 rings (SSSR count). The molecule has 0 atom stereocenters. The number of benzene rings is 2. The summed E-state index contributed by atoms with van der Waals surface area (Å²) in [6.45, 7) is 0.619. The lowest BCUT2D eigenvalue weighted by Crippen LogP contribution is -2.35. The van der Waals surface area contributed by atoms with Gasteiger partial charge in [-0.15, -0.1) is 0 Å². The molecule has 0 aliphatic carbocycles. The van der Waals surface area contributed by atoms with Crippen LogP contribution in [0.2, 0.25) is 0 Å². The number of hydrogen-bond donors (Lipinski definition) is 0. The molecule has 5 nitrogen and oxygen atoms in total. The van der Waals surface area contributed by atoms with Crippen molar-refractivity contribution < 1.29 is 17.6 Å². The van der Waals surface area contributed by atoms with Crippen LogP contribution in [0.5, 0.6) is 0 Å². The van der Waals surface area contributed by atoms with Gasteiger partial charge in [-0.1, -0.05) is 36.4 Å². The first-order valence-electron chi connectivity index (χ1n) is 8.81. The first kappa shape index (κ1) is 17.5. The Bertz CT molecular complexity index is 1070. The Balaban J connectivity index is 1.56. The minimum atomic E-state index is -3.52. The molecule has 2 aromatic carbocycles. The monoisotopic (exact) mass is 381 g/mol. The molecular formula is C21H19NO4S. The second kappa shape index (κ2) is 7.04. The number of carbonyl (C=O) groups excluding carboxylic acids is 1. The number of hydrogen-bond acceptors (Lipinski definition) is 4. The van der Waals surface area contributed by atoms with Crippen molar-refractivity contribution in [3.63, 3.8) is 0 Å². The van der Waals surface area contributed by atoms with Gasteiger partial charge >= 0.3 is 0 Å². The molecular weight excluding hydrogens is 362 g/mol. The lowest BCUT2D eigenvalue weighted by atomic mass is 10.0. The van der Waals surface area contributed by atoms with Gasteiger partial charge in [-0.25, -0.2) is 8.42 Å². The number of amides is 1. The van der Waals surface area contributed by atoms with Gasteiger partial charge in [-0.2, -0.15) is 0 Å². The van der Waals surface area contributed by atoms with Crippen LogP contribution in [0.15, 0.2) is 76.0 Å². The number of anilines is 1. The highest BCUT2D eigenvalue weighted by Crippen LogP contribution is 2.28. The zero-order valence-corrected chi connectivity index (χ0v) is 15.5. The van der Waals surface area contributed by atoms with Gasteiger partial charge in [-0.3, -0.25) is 4.79 Å². The SMILES string of the molecule is O=C(c1ccc(CS(=O)(=O)c2ccccc2)o1)N1CCCc2ccccc21. The van der Waals surface area contributed by atoms with Crippen molar-refractivity contribution in [2.45, 2.75) is 23.5 Å². The molecule has 27 heavy (non-hydrogen) atoms. The Kier molecular flexibility index (Phi) is 4.58. The lowest BCUT2D eigenvalue weighted by Gasteiger charge is -2.28. The van der Waals surface area contributed by atoms with E-state index in [1.807, 2.05) is 24.3 Å². The van der Waals surface area contributed by atoms with Gasteiger partial charge in [-0.05, 0) is 48.7 Å². The Morgan fingerprint density at radius 1 is 0.963 bits per heavy atom. The second-order valence-corrected chi connectivity index (χ2v) is 8.52. The smallest absolute Gasteiger partial charge is 0.293 e. The van der Waals surface area contributed by atoms with Crippen molar-refractivity contribution in [3.8, 4) is 0 Å². The van der Waals surface area contributed by atoms with Gasteiger partial charge in [0.1, 0.15) is 11.5 Å². The van der Waals surface area contributed by atoms with Crippen LogP contribution >= 0.6 is 0 Å². The fourth-order valence-electron chi connectivity index (χ4n) is 3.35. The van der Waals surface area contributed by atoms with E-state index in [9.17, 15) is 13.2 Å². The molecule has 0 saturated heterocycles. The van der Waals surface area contributed by atoms with Crippen molar-refractivity contribution in [1.29, 1.82) is 0 Å². The molecule has 1 aromatic heterocycles. The van der Waals surface area contributed by atoms with Crippen molar-refractivity contribution in [1.82, 2.24) is 0 Å². The highest BCUT2D eigenvalue weighted by molar-refractivity contribution is 7.90. The highest BCUT2D eigenvalue weighted by atomic mass is 32.2. The van der Waals surface area contributed by atoms with Gasteiger partial charge in [0.15, 0.2) is 15.6 Å². The molecule has 0 fully saturated rings. The summed E-state index contributed by atoms with van der Waals surface area (Å²) < 4.78 is 30.6. The van der Waals surface area contributed by atoms with E-state index >= 15 is 0 Å². The molecule has 0 N–H and O–H groups in total. The van der Waals surface area contributed by atoms with Crippen LogP contribution in [0, 0.1) is 0 Å². The van der Waals surface area contributed by atoms with Crippen molar-refractivity contribution >= 4 is 21.4 Å². The van der Waals surface area contributed by atoms with Crippen LogP contribution in [0.25, 0.3) is 0 Å². The average Bonchev–Trinajstić information content (AvgIpc) is 3.15. The van der Waals surface area contributed by atoms with Crippen LogP contribution in [0.1, 0.15) is 28.3 Å². The van der Waals surface area contributed by atoms with Crippen molar-refractivity contribution in [2.24, 2.45) is 0 Å². The molecule has 0 radical (unpaired) electrons. The Labute approximate surface area is 158 Å². The summed E-state index contributed by atoms with van der Waals surface area (Å²) in [6, 6.07) is 19.2. The predicted molar refractivity (Wildman–Crippen MR) is 102 cm³/mol. The highest BCUT2D eigenvalue weighted by Gasteiger charge is 2.26. The molecule has 0 bridgehead atoms. The number of nitrogens with zero attached hydrogens (tertiary/aromatic N) is 1. The number of para-hydroxylation sites is 1. The average molecular weight is 381 g/mol. The van der Waals surface area contributed by atoms with Crippen LogP contribution in [-0.4, -0.2) is 20.9 Å². The molecule has 6 heteroatoms. The third kappa shape index (κ3) is 3.53. The maximum Gasteiger partial charge on any atom is 0.293 e.